The molecule has 78 valence electrons. The molecule has 0 aromatic carbocycles. The van der Waals surface area contributed by atoms with E-state index in [9.17, 15) is 0 Å². The lowest BCUT2D eigenvalue weighted by Gasteiger charge is -2.12. The van der Waals surface area contributed by atoms with Gasteiger partial charge in [0.2, 0.25) is 5.96 Å². The number of likely N-dealkylation sites (N-methyl/N-ethyl adjacent to an activating group) is 1. The molecule has 0 atom stereocenters. The lowest BCUT2D eigenvalue weighted by atomic mass is 10.5. The zero-order chi connectivity index (χ0) is 10.1. The molecule has 0 aliphatic rings. The molecule has 0 saturated carbocycles. The number of nitrogens with zero attached hydrogens (tertiary/aromatic N) is 2. The summed E-state index contributed by atoms with van der Waals surface area (Å²) in [6, 6.07) is 0. The fourth-order valence-corrected chi connectivity index (χ4v) is 0.811. The Morgan fingerprint density at radius 2 is 2.15 bits per heavy atom. The largest absolute Gasteiger partial charge is 0.356 e. The van der Waals surface area contributed by atoms with Crippen molar-refractivity contribution in [1.29, 1.82) is 0 Å². The maximum absolute atomic E-state index is 5.25. The Labute approximate surface area is 80.4 Å². The quantitative estimate of drug-likeness (QED) is 0.232. The molecule has 0 amide bonds. The number of guanidine groups is 1. The van der Waals surface area contributed by atoms with Crippen LogP contribution >= 0.6 is 0 Å². The van der Waals surface area contributed by atoms with E-state index in [4.69, 9.17) is 5.84 Å². The summed E-state index contributed by atoms with van der Waals surface area (Å²) in [6.45, 7) is 7.71. The fourth-order valence-electron chi connectivity index (χ4n) is 0.811. The third-order valence-electron chi connectivity index (χ3n) is 1.77. The van der Waals surface area contributed by atoms with Crippen LogP contribution in [-0.4, -0.2) is 44.1 Å². The minimum absolute atomic E-state index is 0.659. The van der Waals surface area contributed by atoms with E-state index in [1.807, 2.05) is 6.92 Å². The minimum Gasteiger partial charge on any atom is -0.356 e. The van der Waals surface area contributed by atoms with E-state index >= 15 is 0 Å². The Morgan fingerprint density at radius 1 is 1.46 bits per heavy atom. The first-order chi connectivity index (χ1) is 6.24. The Balaban J connectivity index is 3.65. The minimum atomic E-state index is 0.659. The molecule has 0 unspecified atom stereocenters. The van der Waals surface area contributed by atoms with Crippen LogP contribution in [0.1, 0.15) is 13.8 Å². The average molecular weight is 187 g/mol. The van der Waals surface area contributed by atoms with E-state index < -0.39 is 0 Å². The first-order valence-electron chi connectivity index (χ1n) is 4.68. The lowest BCUT2D eigenvalue weighted by molar-refractivity contribution is 0.363. The van der Waals surface area contributed by atoms with Gasteiger partial charge >= 0.3 is 0 Å². The van der Waals surface area contributed by atoms with Crippen LogP contribution < -0.4 is 16.6 Å². The number of hydrogen-bond acceptors (Lipinski definition) is 3. The van der Waals surface area contributed by atoms with Crippen LogP contribution in [0.5, 0.6) is 0 Å². The molecule has 5 nitrogen and oxygen atoms in total. The van der Waals surface area contributed by atoms with Gasteiger partial charge in [-0.05, 0) is 20.5 Å². The van der Waals surface area contributed by atoms with Gasteiger partial charge in [-0.3, -0.25) is 10.4 Å². The van der Waals surface area contributed by atoms with Crippen molar-refractivity contribution in [3.8, 4) is 0 Å². The van der Waals surface area contributed by atoms with Gasteiger partial charge in [-0.15, -0.1) is 0 Å². The topological polar surface area (TPSA) is 65.7 Å². The van der Waals surface area contributed by atoms with Crippen molar-refractivity contribution in [1.82, 2.24) is 15.6 Å². The molecule has 0 aromatic rings. The van der Waals surface area contributed by atoms with Crippen molar-refractivity contribution >= 4 is 5.96 Å². The van der Waals surface area contributed by atoms with Crippen LogP contribution in [0.15, 0.2) is 4.99 Å². The molecule has 0 fully saturated rings. The Kier molecular flexibility index (Phi) is 7.33. The van der Waals surface area contributed by atoms with Crippen molar-refractivity contribution in [2.24, 2.45) is 10.8 Å². The second kappa shape index (κ2) is 7.82. The van der Waals surface area contributed by atoms with E-state index in [-0.39, 0.29) is 0 Å². The van der Waals surface area contributed by atoms with Crippen molar-refractivity contribution in [3.63, 3.8) is 0 Å². The Hall–Kier alpha value is -0.810. The van der Waals surface area contributed by atoms with E-state index in [2.05, 4.69) is 34.6 Å². The van der Waals surface area contributed by atoms with Crippen molar-refractivity contribution in [2.45, 2.75) is 13.8 Å². The molecule has 0 aromatic heterocycles. The molecule has 0 heterocycles. The van der Waals surface area contributed by atoms with Gasteiger partial charge in [0.25, 0.3) is 0 Å². The standard InChI is InChI=1S/C8H21N5/c1-4-10-8(12-9)11-6-7-13(3)5-2/h4-7,9H2,1-3H3,(H2,10,11,12). The second-order valence-corrected chi connectivity index (χ2v) is 2.80. The number of hydrazine groups is 1. The summed E-state index contributed by atoms with van der Waals surface area (Å²) in [6.07, 6.45) is 0. The lowest BCUT2D eigenvalue weighted by Crippen LogP contribution is -2.41. The maximum Gasteiger partial charge on any atom is 0.205 e. The molecule has 0 spiro atoms. The van der Waals surface area contributed by atoms with Crippen LogP contribution in [0.3, 0.4) is 0 Å². The van der Waals surface area contributed by atoms with Gasteiger partial charge in [0.15, 0.2) is 0 Å². The van der Waals surface area contributed by atoms with Crippen molar-refractivity contribution in [2.75, 3.05) is 33.2 Å². The first-order valence-corrected chi connectivity index (χ1v) is 4.68. The van der Waals surface area contributed by atoms with Crippen LogP contribution in [0.2, 0.25) is 0 Å². The Morgan fingerprint density at radius 3 is 2.62 bits per heavy atom. The zero-order valence-corrected chi connectivity index (χ0v) is 8.80. The second-order valence-electron chi connectivity index (χ2n) is 2.80. The third-order valence-corrected chi connectivity index (χ3v) is 1.77. The highest BCUT2D eigenvalue weighted by molar-refractivity contribution is 5.79. The summed E-state index contributed by atoms with van der Waals surface area (Å²) in [5.74, 6) is 5.91. The highest BCUT2D eigenvalue weighted by Crippen LogP contribution is 1.80. The van der Waals surface area contributed by atoms with Gasteiger partial charge in [-0.1, -0.05) is 6.92 Å². The number of nitrogens with two attached hydrogens (primary N) is 1. The molecule has 13 heavy (non-hydrogen) atoms. The smallest absolute Gasteiger partial charge is 0.205 e. The van der Waals surface area contributed by atoms with E-state index in [1.54, 1.807) is 0 Å². The monoisotopic (exact) mass is 187 g/mol. The van der Waals surface area contributed by atoms with Crippen molar-refractivity contribution < 1.29 is 0 Å². The fraction of sp³-hybridized carbons (Fsp3) is 0.875. The summed E-state index contributed by atoms with van der Waals surface area (Å²) < 4.78 is 0. The maximum atomic E-state index is 5.25. The first kappa shape index (κ1) is 12.2. The van der Waals surface area contributed by atoms with Gasteiger partial charge in [-0.25, -0.2) is 5.84 Å². The van der Waals surface area contributed by atoms with Crippen LogP contribution in [0, 0.1) is 0 Å². The molecular formula is C8H21N5. The highest BCUT2D eigenvalue weighted by Gasteiger charge is 1.94. The summed E-state index contributed by atoms with van der Waals surface area (Å²) in [5.41, 5.74) is 2.52. The molecular weight excluding hydrogens is 166 g/mol. The van der Waals surface area contributed by atoms with Crippen LogP contribution in [0.4, 0.5) is 0 Å². The van der Waals surface area contributed by atoms with E-state index in [0.29, 0.717) is 5.96 Å². The highest BCUT2D eigenvalue weighted by atomic mass is 15.3. The summed E-state index contributed by atoms with van der Waals surface area (Å²) in [5, 5.41) is 3.02. The predicted molar refractivity (Wildman–Crippen MR) is 56.5 cm³/mol. The zero-order valence-electron chi connectivity index (χ0n) is 8.80. The van der Waals surface area contributed by atoms with Crippen LogP contribution in [0.25, 0.3) is 0 Å². The summed E-state index contributed by atoms with van der Waals surface area (Å²) in [7, 11) is 2.07. The van der Waals surface area contributed by atoms with Crippen LogP contribution in [-0.2, 0) is 0 Å². The number of nitrogens with one attached hydrogen (secondary N) is 2. The van der Waals surface area contributed by atoms with E-state index in [0.717, 1.165) is 26.2 Å². The molecule has 5 heteroatoms. The number of hydrogen-bond donors (Lipinski definition) is 3. The molecule has 0 rings (SSSR count). The average Bonchev–Trinajstić information content (AvgIpc) is 2.16. The predicted octanol–water partition coefficient (Wildman–Crippen LogP) is -0.633. The van der Waals surface area contributed by atoms with Gasteiger partial charge in [-0.2, -0.15) is 0 Å². The summed E-state index contributed by atoms with van der Waals surface area (Å²) in [4.78, 5) is 6.45. The molecule has 0 aliphatic heterocycles. The molecule has 0 radical (unpaired) electrons. The molecule has 0 bridgehead atoms. The van der Waals surface area contributed by atoms with Gasteiger partial charge in [0.05, 0.1) is 6.54 Å². The Bertz CT molecular complexity index is 145. The van der Waals surface area contributed by atoms with Gasteiger partial charge in [0.1, 0.15) is 0 Å². The van der Waals surface area contributed by atoms with Gasteiger partial charge in [0, 0.05) is 13.1 Å². The van der Waals surface area contributed by atoms with E-state index in [1.165, 1.54) is 0 Å². The molecule has 4 N–H and O–H groups in total. The van der Waals surface area contributed by atoms with Gasteiger partial charge < -0.3 is 10.2 Å². The molecule has 0 aliphatic carbocycles. The summed E-state index contributed by atoms with van der Waals surface area (Å²) >= 11 is 0. The molecule has 0 saturated heterocycles. The number of aliphatic imine (C=N–C) groups is 1. The van der Waals surface area contributed by atoms with Crippen molar-refractivity contribution in [3.05, 3.63) is 0 Å². The third kappa shape index (κ3) is 6.36. The normalized spacial score (nSPS) is 11.9. The number of rotatable bonds is 5. The SMILES string of the molecule is CCNC(=NCCN(C)CC)NN.